The van der Waals surface area contributed by atoms with E-state index in [1.165, 1.54) is 12.4 Å². The van der Waals surface area contributed by atoms with Crippen molar-refractivity contribution in [2.24, 2.45) is 16.5 Å². The maximum absolute atomic E-state index is 5.88. The molecule has 0 radical (unpaired) electrons. The van der Waals surface area contributed by atoms with Crippen molar-refractivity contribution >= 4 is 5.84 Å². The molecule has 0 atom stereocenters. The summed E-state index contributed by atoms with van der Waals surface area (Å²) >= 11 is 0. The molecule has 0 saturated heterocycles. The first-order chi connectivity index (χ1) is 11.3. The number of aliphatic imine (C=N–C) groups is 1. The summed E-state index contributed by atoms with van der Waals surface area (Å²) in [5.41, 5.74) is 14.2. The van der Waals surface area contributed by atoms with Gasteiger partial charge in [0, 0.05) is 30.4 Å². The molecule has 0 aliphatic carbocycles. The minimum absolute atomic E-state index is 0.299. The maximum Gasteiger partial charge on any atom is 0.149 e. The zero-order valence-corrected chi connectivity index (χ0v) is 12.2. The molecule has 0 saturated carbocycles. The Morgan fingerprint density at radius 1 is 1.17 bits per heavy atom. The lowest BCUT2D eigenvalue weighted by Gasteiger charge is -2.02. The highest BCUT2D eigenvalue weighted by atomic mass is 15.3. The van der Waals surface area contributed by atoms with Gasteiger partial charge in [0.2, 0.25) is 0 Å². The lowest BCUT2D eigenvalue weighted by Crippen LogP contribution is -2.14. The van der Waals surface area contributed by atoms with Crippen LogP contribution in [0.1, 0.15) is 5.69 Å². The second-order valence-corrected chi connectivity index (χ2v) is 4.65. The van der Waals surface area contributed by atoms with Gasteiger partial charge in [-0.25, -0.2) is 14.7 Å². The predicted molar refractivity (Wildman–Crippen MR) is 88.6 cm³/mol. The highest BCUT2D eigenvalue weighted by Gasteiger charge is 2.07. The zero-order valence-electron chi connectivity index (χ0n) is 12.2. The van der Waals surface area contributed by atoms with E-state index in [0.717, 1.165) is 16.9 Å². The van der Waals surface area contributed by atoms with Crippen LogP contribution in [-0.2, 0) is 0 Å². The molecule has 114 valence electrons. The van der Waals surface area contributed by atoms with E-state index in [-0.39, 0.29) is 0 Å². The van der Waals surface area contributed by atoms with Gasteiger partial charge in [-0.2, -0.15) is 5.10 Å². The fraction of sp³-hybridized carbons (Fsp3) is 0. The predicted octanol–water partition coefficient (Wildman–Crippen LogP) is 1.46. The molecule has 0 spiro atoms. The van der Waals surface area contributed by atoms with Crippen LogP contribution >= 0.6 is 0 Å². The van der Waals surface area contributed by atoms with Crippen LogP contribution in [0.2, 0.25) is 0 Å². The van der Waals surface area contributed by atoms with Crippen molar-refractivity contribution in [1.82, 2.24) is 19.7 Å². The maximum atomic E-state index is 5.88. The summed E-state index contributed by atoms with van der Waals surface area (Å²) in [6.07, 6.45) is 9.82. The molecule has 7 nitrogen and oxygen atoms in total. The number of pyridine rings is 2. The van der Waals surface area contributed by atoms with Crippen LogP contribution in [0, 0.1) is 0 Å². The Balaban J connectivity index is 1.93. The largest absolute Gasteiger partial charge is 0.403 e. The lowest BCUT2D eigenvalue weighted by atomic mass is 10.2. The van der Waals surface area contributed by atoms with Crippen LogP contribution in [-0.4, -0.2) is 25.6 Å². The number of nitrogens with zero attached hydrogens (tertiary/aromatic N) is 5. The smallest absolute Gasteiger partial charge is 0.149 e. The minimum atomic E-state index is 0.299. The molecule has 0 amide bonds. The SMILES string of the molecule is N/C=C\N=C(N)c1cccc(-c2cnn(-c3cccnc3)c2)n1. The topological polar surface area (TPSA) is 108 Å². The number of aromatic nitrogens is 4. The van der Waals surface area contributed by atoms with Crippen LogP contribution in [0.4, 0.5) is 0 Å². The molecular weight excluding hydrogens is 290 g/mol. The summed E-state index contributed by atoms with van der Waals surface area (Å²) in [6, 6.07) is 9.33. The van der Waals surface area contributed by atoms with Crippen molar-refractivity contribution in [3.63, 3.8) is 0 Å². The van der Waals surface area contributed by atoms with Gasteiger partial charge in [-0.15, -0.1) is 0 Å². The van der Waals surface area contributed by atoms with E-state index in [1.807, 2.05) is 30.5 Å². The summed E-state index contributed by atoms with van der Waals surface area (Å²) in [6.45, 7) is 0. The van der Waals surface area contributed by atoms with Gasteiger partial charge in [0.25, 0.3) is 0 Å². The molecule has 4 N–H and O–H groups in total. The molecule has 0 aliphatic heterocycles. The van der Waals surface area contributed by atoms with Crippen molar-refractivity contribution in [3.8, 4) is 16.9 Å². The van der Waals surface area contributed by atoms with Gasteiger partial charge in [-0.3, -0.25) is 4.98 Å². The zero-order chi connectivity index (χ0) is 16.1. The average Bonchev–Trinajstić information content (AvgIpc) is 3.11. The first-order valence-electron chi connectivity index (χ1n) is 6.91. The van der Waals surface area contributed by atoms with Crippen LogP contribution in [0.5, 0.6) is 0 Å². The summed E-state index contributed by atoms with van der Waals surface area (Å²) in [5.74, 6) is 0.299. The highest BCUT2D eigenvalue weighted by Crippen LogP contribution is 2.18. The van der Waals surface area contributed by atoms with Crippen molar-refractivity contribution in [2.45, 2.75) is 0 Å². The number of rotatable bonds is 4. The normalized spacial score (nSPS) is 11.9. The van der Waals surface area contributed by atoms with Crippen molar-refractivity contribution in [3.05, 3.63) is 73.2 Å². The van der Waals surface area contributed by atoms with Gasteiger partial charge >= 0.3 is 0 Å². The van der Waals surface area contributed by atoms with E-state index >= 15 is 0 Å². The third-order valence-electron chi connectivity index (χ3n) is 3.10. The fourth-order valence-electron chi connectivity index (χ4n) is 2.01. The first kappa shape index (κ1) is 14.5. The molecule has 3 heterocycles. The number of hydrogen-bond donors (Lipinski definition) is 2. The van der Waals surface area contributed by atoms with Crippen molar-refractivity contribution in [1.29, 1.82) is 0 Å². The van der Waals surface area contributed by atoms with Crippen molar-refractivity contribution in [2.75, 3.05) is 0 Å². The van der Waals surface area contributed by atoms with E-state index in [1.54, 1.807) is 29.3 Å². The molecule has 23 heavy (non-hydrogen) atoms. The minimum Gasteiger partial charge on any atom is -0.403 e. The van der Waals surface area contributed by atoms with Crippen LogP contribution < -0.4 is 11.5 Å². The monoisotopic (exact) mass is 305 g/mol. The Bertz CT molecular complexity index is 850. The fourth-order valence-corrected chi connectivity index (χ4v) is 2.01. The van der Waals surface area contributed by atoms with E-state index < -0.39 is 0 Å². The van der Waals surface area contributed by atoms with Gasteiger partial charge in [0.05, 0.1) is 23.8 Å². The highest BCUT2D eigenvalue weighted by molar-refractivity contribution is 5.96. The molecule has 0 unspecified atom stereocenters. The molecule has 3 aromatic heterocycles. The Morgan fingerprint density at radius 3 is 2.87 bits per heavy atom. The second-order valence-electron chi connectivity index (χ2n) is 4.65. The number of hydrogen-bond acceptors (Lipinski definition) is 5. The van der Waals surface area contributed by atoms with Crippen LogP contribution in [0.3, 0.4) is 0 Å². The molecular formula is C16H15N7. The first-order valence-corrected chi connectivity index (χ1v) is 6.91. The van der Waals surface area contributed by atoms with Gasteiger partial charge in [0.15, 0.2) is 0 Å². The molecule has 3 aromatic rings. The second kappa shape index (κ2) is 6.52. The Labute approximate surface area is 133 Å². The summed E-state index contributed by atoms with van der Waals surface area (Å²) in [7, 11) is 0. The number of amidine groups is 1. The van der Waals surface area contributed by atoms with Crippen LogP contribution in [0.25, 0.3) is 16.9 Å². The van der Waals surface area contributed by atoms with Crippen molar-refractivity contribution < 1.29 is 0 Å². The lowest BCUT2D eigenvalue weighted by molar-refractivity contribution is 0.874. The third kappa shape index (κ3) is 3.24. The van der Waals surface area contributed by atoms with E-state index in [9.17, 15) is 0 Å². The number of nitrogens with two attached hydrogens (primary N) is 2. The molecule has 0 fully saturated rings. The average molecular weight is 305 g/mol. The quantitative estimate of drug-likeness (QED) is 0.560. The molecule has 0 bridgehead atoms. The van der Waals surface area contributed by atoms with E-state index in [4.69, 9.17) is 11.5 Å². The standard InChI is InChI=1S/C16H15N7/c17-6-8-20-16(18)15-5-1-4-14(22-15)12-9-21-23(11-12)13-3-2-7-19-10-13/h1-11H,17H2,(H2,18,20)/b8-6-. The Morgan fingerprint density at radius 2 is 2.09 bits per heavy atom. The van der Waals surface area contributed by atoms with Crippen LogP contribution in [0.15, 0.2) is 72.5 Å². The third-order valence-corrected chi connectivity index (χ3v) is 3.10. The van der Waals surface area contributed by atoms with Gasteiger partial charge in [0.1, 0.15) is 11.5 Å². The van der Waals surface area contributed by atoms with Gasteiger partial charge < -0.3 is 11.5 Å². The van der Waals surface area contributed by atoms with Gasteiger partial charge in [-0.05, 0) is 24.3 Å². The Hall–Kier alpha value is -3.48. The van der Waals surface area contributed by atoms with E-state index in [2.05, 4.69) is 20.1 Å². The molecule has 3 rings (SSSR count). The molecule has 0 aliphatic rings. The summed E-state index contributed by atoms with van der Waals surface area (Å²) in [4.78, 5) is 12.6. The van der Waals surface area contributed by atoms with Gasteiger partial charge in [-0.1, -0.05) is 6.07 Å². The molecule has 0 aromatic carbocycles. The van der Waals surface area contributed by atoms with E-state index in [0.29, 0.717) is 11.5 Å². The Kier molecular flexibility index (Phi) is 4.10. The molecule has 7 heteroatoms. The summed E-state index contributed by atoms with van der Waals surface area (Å²) < 4.78 is 1.74. The summed E-state index contributed by atoms with van der Waals surface area (Å²) in [5, 5.41) is 4.33.